The maximum absolute atomic E-state index is 13.9. The van der Waals surface area contributed by atoms with Crippen LogP contribution in [0.4, 0.5) is 15.9 Å². The molecule has 1 N–H and O–H groups in total. The van der Waals surface area contributed by atoms with Crippen LogP contribution >= 0.6 is 23.2 Å². The molecule has 2 aromatic carbocycles. The van der Waals surface area contributed by atoms with Gasteiger partial charge in [0.1, 0.15) is 10.8 Å². The zero-order valence-electron chi connectivity index (χ0n) is 14.4. The molecule has 0 fully saturated rings. The molecule has 3 rings (SSSR count). The van der Waals surface area contributed by atoms with Crippen LogP contribution in [0.1, 0.15) is 21.5 Å². The Bertz CT molecular complexity index is 1060. The minimum atomic E-state index is -0.533. The van der Waals surface area contributed by atoms with Crippen LogP contribution in [0.3, 0.4) is 0 Å². The van der Waals surface area contributed by atoms with E-state index in [0.717, 1.165) is 0 Å². The van der Waals surface area contributed by atoms with Crippen molar-refractivity contribution in [1.82, 2.24) is 9.78 Å². The van der Waals surface area contributed by atoms with E-state index in [1.54, 1.807) is 6.07 Å². The number of rotatable bonds is 5. The average Bonchev–Trinajstić information content (AvgIpc) is 2.97. The summed E-state index contributed by atoms with van der Waals surface area (Å²) in [6.07, 6.45) is 1.43. The first-order chi connectivity index (χ1) is 13.3. The van der Waals surface area contributed by atoms with Crippen molar-refractivity contribution < 1.29 is 14.1 Å². The van der Waals surface area contributed by atoms with E-state index in [-0.39, 0.29) is 39.2 Å². The second-order valence-electron chi connectivity index (χ2n) is 5.94. The highest BCUT2D eigenvalue weighted by molar-refractivity contribution is 6.33. The third kappa shape index (κ3) is 4.13. The number of nitro benzene ring substituents is 1. The van der Waals surface area contributed by atoms with Crippen LogP contribution in [0.5, 0.6) is 0 Å². The van der Waals surface area contributed by atoms with E-state index in [4.69, 9.17) is 23.2 Å². The molecule has 1 amide bonds. The fourth-order valence-corrected chi connectivity index (χ4v) is 3.01. The van der Waals surface area contributed by atoms with Gasteiger partial charge in [0.15, 0.2) is 5.82 Å². The molecule has 0 radical (unpaired) electrons. The Morgan fingerprint density at radius 3 is 2.68 bits per heavy atom. The van der Waals surface area contributed by atoms with Crippen LogP contribution in [0.2, 0.25) is 10.0 Å². The lowest BCUT2D eigenvalue weighted by atomic mass is 10.1. The molecule has 0 unspecified atom stereocenters. The Morgan fingerprint density at radius 1 is 1.29 bits per heavy atom. The summed E-state index contributed by atoms with van der Waals surface area (Å²) in [7, 11) is 0. The topological polar surface area (TPSA) is 90.1 Å². The average molecular weight is 423 g/mol. The molecule has 0 aliphatic rings. The maximum Gasteiger partial charge on any atom is 0.272 e. The molecule has 1 heterocycles. The number of halogens is 3. The molecule has 144 valence electrons. The number of carbonyl (C=O) groups excluding carboxylic acids is 1. The van der Waals surface area contributed by atoms with E-state index in [1.165, 1.54) is 48.1 Å². The number of amides is 1. The molecule has 0 aliphatic heterocycles. The Labute approximate surface area is 168 Å². The highest BCUT2D eigenvalue weighted by Crippen LogP contribution is 2.25. The van der Waals surface area contributed by atoms with Crippen LogP contribution < -0.4 is 5.32 Å². The van der Waals surface area contributed by atoms with Crippen LogP contribution in [-0.2, 0) is 6.54 Å². The van der Waals surface area contributed by atoms with E-state index in [2.05, 4.69) is 10.4 Å². The van der Waals surface area contributed by atoms with E-state index in [0.29, 0.717) is 5.56 Å². The predicted molar refractivity (Wildman–Crippen MR) is 104 cm³/mol. The fraction of sp³-hybridized carbons (Fsp3) is 0.111. The lowest BCUT2D eigenvalue weighted by molar-refractivity contribution is -0.385. The van der Waals surface area contributed by atoms with Crippen molar-refractivity contribution in [3.05, 3.63) is 85.3 Å². The predicted octanol–water partition coefficient (Wildman–Crippen LogP) is 4.85. The first kappa shape index (κ1) is 19.8. The summed E-state index contributed by atoms with van der Waals surface area (Å²) in [6.45, 7) is 1.56. The number of aromatic nitrogens is 2. The van der Waals surface area contributed by atoms with Gasteiger partial charge in [0.05, 0.1) is 11.5 Å². The fourth-order valence-electron chi connectivity index (χ4n) is 2.59. The molecule has 1 aromatic heterocycles. The monoisotopic (exact) mass is 422 g/mol. The second-order valence-corrected chi connectivity index (χ2v) is 6.75. The largest absolute Gasteiger partial charge is 0.304 e. The summed E-state index contributed by atoms with van der Waals surface area (Å²) < 4.78 is 15.3. The van der Waals surface area contributed by atoms with Crippen molar-refractivity contribution in [3.8, 4) is 0 Å². The summed E-state index contributed by atoms with van der Waals surface area (Å²) >= 11 is 12.1. The molecule has 0 saturated heterocycles. The Balaban J connectivity index is 1.79. The van der Waals surface area contributed by atoms with Crippen molar-refractivity contribution >= 4 is 40.6 Å². The van der Waals surface area contributed by atoms with Gasteiger partial charge in [-0.3, -0.25) is 19.6 Å². The highest BCUT2D eigenvalue weighted by atomic mass is 35.5. The summed E-state index contributed by atoms with van der Waals surface area (Å²) in [5.41, 5.74) is 0.724. The van der Waals surface area contributed by atoms with Crippen LogP contribution in [0.25, 0.3) is 0 Å². The Morgan fingerprint density at radius 2 is 2.04 bits per heavy atom. The number of anilines is 1. The van der Waals surface area contributed by atoms with E-state index < -0.39 is 16.6 Å². The number of benzene rings is 2. The SMILES string of the molecule is Cc1cc(C(=O)Nc2nn(Cc3c(F)cccc3Cl)cc2Cl)ccc1[N+](=O)[O-]. The molecule has 7 nitrogen and oxygen atoms in total. The third-order valence-corrected chi connectivity index (χ3v) is 4.62. The first-order valence-corrected chi connectivity index (χ1v) is 8.74. The highest BCUT2D eigenvalue weighted by Gasteiger charge is 2.17. The van der Waals surface area contributed by atoms with Gasteiger partial charge in [-0.25, -0.2) is 4.39 Å². The molecule has 0 saturated carbocycles. The number of nitrogens with one attached hydrogen (secondary N) is 1. The molecule has 3 aromatic rings. The Hall–Kier alpha value is -2.97. The van der Waals surface area contributed by atoms with Crippen molar-refractivity contribution in [1.29, 1.82) is 0 Å². The van der Waals surface area contributed by atoms with E-state index >= 15 is 0 Å². The first-order valence-electron chi connectivity index (χ1n) is 7.98. The summed E-state index contributed by atoms with van der Waals surface area (Å²) in [5.74, 6) is -0.935. The number of aryl methyl sites for hydroxylation is 1. The summed E-state index contributed by atoms with van der Waals surface area (Å²) in [6, 6.07) is 8.33. The van der Waals surface area contributed by atoms with Crippen LogP contribution in [-0.4, -0.2) is 20.6 Å². The van der Waals surface area contributed by atoms with Gasteiger partial charge in [-0.05, 0) is 31.2 Å². The molecule has 28 heavy (non-hydrogen) atoms. The van der Waals surface area contributed by atoms with Crippen molar-refractivity contribution in [2.24, 2.45) is 0 Å². The van der Waals surface area contributed by atoms with E-state index in [1.807, 2.05) is 0 Å². The number of hydrogen-bond acceptors (Lipinski definition) is 4. The van der Waals surface area contributed by atoms with Gasteiger partial charge in [-0.15, -0.1) is 0 Å². The minimum Gasteiger partial charge on any atom is -0.304 e. The molecular formula is C18H13Cl2FN4O3. The van der Waals surface area contributed by atoms with Crippen LogP contribution in [0.15, 0.2) is 42.6 Å². The van der Waals surface area contributed by atoms with Gasteiger partial charge >= 0.3 is 0 Å². The van der Waals surface area contributed by atoms with Gasteiger partial charge in [0.25, 0.3) is 11.6 Å². The molecule has 0 aliphatic carbocycles. The number of hydrogen-bond donors (Lipinski definition) is 1. The normalized spacial score (nSPS) is 10.7. The van der Waals surface area contributed by atoms with Crippen LogP contribution in [0, 0.1) is 22.9 Å². The maximum atomic E-state index is 13.9. The van der Waals surface area contributed by atoms with Gasteiger partial charge in [-0.2, -0.15) is 5.10 Å². The van der Waals surface area contributed by atoms with Crippen molar-refractivity contribution in [2.45, 2.75) is 13.5 Å². The lowest BCUT2D eigenvalue weighted by Gasteiger charge is -2.06. The molecular weight excluding hydrogens is 410 g/mol. The zero-order valence-corrected chi connectivity index (χ0v) is 16.0. The zero-order chi connectivity index (χ0) is 20.4. The molecule has 0 bridgehead atoms. The molecule has 0 atom stereocenters. The Kier molecular flexibility index (Phi) is 5.62. The molecule has 0 spiro atoms. The van der Waals surface area contributed by atoms with E-state index in [9.17, 15) is 19.3 Å². The van der Waals surface area contributed by atoms with Crippen molar-refractivity contribution in [3.63, 3.8) is 0 Å². The van der Waals surface area contributed by atoms with Gasteiger partial charge in [0, 0.05) is 34.0 Å². The van der Waals surface area contributed by atoms with Gasteiger partial charge in [0.2, 0.25) is 0 Å². The number of nitro groups is 1. The summed E-state index contributed by atoms with van der Waals surface area (Å²) in [4.78, 5) is 22.8. The standard InChI is InChI=1S/C18H13Cl2FN4O3/c1-10-7-11(5-6-16(10)25(27)28)18(26)22-17-14(20)9-24(23-17)8-12-13(19)3-2-4-15(12)21/h2-7,9H,8H2,1H3,(H,22,23,26). The lowest BCUT2D eigenvalue weighted by Crippen LogP contribution is -2.13. The molecule has 10 heteroatoms. The summed E-state index contributed by atoms with van der Waals surface area (Å²) in [5, 5.41) is 18.0. The van der Waals surface area contributed by atoms with Crippen molar-refractivity contribution in [2.75, 3.05) is 5.32 Å². The van der Waals surface area contributed by atoms with Gasteiger partial charge in [-0.1, -0.05) is 29.3 Å². The quantitative estimate of drug-likeness (QED) is 0.470. The minimum absolute atomic E-state index is 0.0255. The number of carbonyl (C=O) groups is 1. The smallest absolute Gasteiger partial charge is 0.272 e. The number of nitrogens with zero attached hydrogens (tertiary/aromatic N) is 3. The second kappa shape index (κ2) is 7.95. The van der Waals surface area contributed by atoms with Gasteiger partial charge < -0.3 is 5.32 Å². The third-order valence-electron chi connectivity index (χ3n) is 3.99.